The minimum atomic E-state index is -0.772. The molecule has 5 heteroatoms. The van der Waals surface area contributed by atoms with Crippen LogP contribution < -0.4 is 5.32 Å². The molecule has 0 aliphatic carbocycles. The van der Waals surface area contributed by atoms with Crippen LogP contribution in [0.2, 0.25) is 5.02 Å². The third-order valence-electron chi connectivity index (χ3n) is 3.64. The molecule has 1 aromatic rings. The zero-order valence-corrected chi connectivity index (χ0v) is 14.8. The Kier molecular flexibility index (Phi) is 7.17. The van der Waals surface area contributed by atoms with E-state index in [-0.39, 0.29) is 0 Å². The highest BCUT2D eigenvalue weighted by atomic mass is 35.5. The summed E-state index contributed by atoms with van der Waals surface area (Å²) in [6, 6.07) is 0. The first-order valence-electron chi connectivity index (χ1n) is 7.97. The maximum absolute atomic E-state index is 10.6. The zero-order valence-electron chi connectivity index (χ0n) is 14.0. The summed E-state index contributed by atoms with van der Waals surface area (Å²) in [5, 5.41) is 19.2. The molecule has 0 amide bonds. The molecule has 21 heavy (non-hydrogen) atoms. The first kappa shape index (κ1) is 18.5. The predicted octanol–water partition coefficient (Wildman–Crippen LogP) is 3.05. The Morgan fingerprint density at radius 1 is 1.38 bits per heavy atom. The lowest BCUT2D eigenvalue weighted by Crippen LogP contribution is -2.34. The molecule has 0 spiro atoms. The van der Waals surface area contributed by atoms with Gasteiger partial charge in [-0.15, -0.1) is 0 Å². The highest BCUT2D eigenvalue weighted by molar-refractivity contribution is 6.31. The van der Waals surface area contributed by atoms with Gasteiger partial charge in [0.25, 0.3) is 0 Å². The van der Waals surface area contributed by atoms with Crippen LogP contribution in [0.15, 0.2) is 0 Å². The summed E-state index contributed by atoms with van der Waals surface area (Å²) in [6.07, 6.45) is 2.05. The smallest absolute Gasteiger partial charge is 0.0850 e. The van der Waals surface area contributed by atoms with Gasteiger partial charge in [0.2, 0.25) is 0 Å². The Morgan fingerprint density at radius 2 is 2.05 bits per heavy atom. The van der Waals surface area contributed by atoms with Crippen molar-refractivity contribution in [3.8, 4) is 0 Å². The lowest BCUT2D eigenvalue weighted by molar-refractivity contribution is 0.0493. The quantitative estimate of drug-likeness (QED) is 0.689. The fourth-order valence-electron chi connectivity index (χ4n) is 2.38. The Balaban J connectivity index is 2.68. The van der Waals surface area contributed by atoms with Gasteiger partial charge in [-0.25, -0.2) is 0 Å². The van der Waals surface area contributed by atoms with E-state index in [9.17, 15) is 5.11 Å². The van der Waals surface area contributed by atoms with Gasteiger partial charge >= 0.3 is 0 Å². The Morgan fingerprint density at radius 3 is 2.57 bits per heavy atom. The molecule has 0 aromatic carbocycles. The van der Waals surface area contributed by atoms with E-state index < -0.39 is 5.60 Å². The summed E-state index contributed by atoms with van der Waals surface area (Å²) >= 11 is 6.41. The van der Waals surface area contributed by atoms with Crippen LogP contribution in [0.3, 0.4) is 0 Å². The lowest BCUT2D eigenvalue weighted by Gasteiger charge is -2.24. The standard InChI is InChI=1S/C16H30ClN3O/c1-6-13-15(17)14(20(7-2)19-13)10-16(5,21)8-9-18-11-12(3)4/h12,18,21H,6-11H2,1-5H3. The molecule has 0 saturated carbocycles. The molecule has 1 atom stereocenters. The van der Waals surface area contributed by atoms with Crippen molar-refractivity contribution >= 4 is 11.6 Å². The number of aryl methyl sites for hydroxylation is 2. The van der Waals surface area contributed by atoms with Gasteiger partial charge < -0.3 is 10.4 Å². The van der Waals surface area contributed by atoms with Gasteiger partial charge in [0.05, 0.1) is 22.0 Å². The van der Waals surface area contributed by atoms with Crippen LogP contribution in [0.4, 0.5) is 0 Å². The number of rotatable bonds is 9. The Labute approximate surface area is 133 Å². The summed E-state index contributed by atoms with van der Waals surface area (Å²) in [5.41, 5.74) is 1.10. The van der Waals surface area contributed by atoms with Gasteiger partial charge in [-0.2, -0.15) is 5.10 Å². The molecule has 1 unspecified atom stereocenters. The average molecular weight is 316 g/mol. The highest BCUT2D eigenvalue weighted by Gasteiger charge is 2.25. The summed E-state index contributed by atoms with van der Waals surface area (Å²) < 4.78 is 1.91. The molecular formula is C16H30ClN3O. The highest BCUT2D eigenvalue weighted by Crippen LogP contribution is 2.26. The van der Waals surface area contributed by atoms with E-state index in [2.05, 4.69) is 24.3 Å². The largest absolute Gasteiger partial charge is 0.390 e. The first-order valence-corrected chi connectivity index (χ1v) is 8.35. The van der Waals surface area contributed by atoms with Crippen molar-refractivity contribution in [2.45, 2.75) is 66.0 Å². The second-order valence-electron chi connectivity index (χ2n) is 6.40. The number of hydrogen-bond donors (Lipinski definition) is 2. The average Bonchev–Trinajstić information content (AvgIpc) is 2.71. The summed E-state index contributed by atoms with van der Waals surface area (Å²) in [6.45, 7) is 12.9. The number of halogens is 1. The Hall–Kier alpha value is -0.580. The van der Waals surface area contributed by atoms with Crippen LogP contribution in [0.5, 0.6) is 0 Å². The van der Waals surface area contributed by atoms with E-state index in [0.717, 1.165) is 42.5 Å². The van der Waals surface area contributed by atoms with Crippen molar-refractivity contribution in [1.82, 2.24) is 15.1 Å². The minimum Gasteiger partial charge on any atom is -0.390 e. The van der Waals surface area contributed by atoms with Crippen LogP contribution in [-0.4, -0.2) is 33.6 Å². The number of hydrogen-bond acceptors (Lipinski definition) is 3. The molecule has 1 aromatic heterocycles. The van der Waals surface area contributed by atoms with Crippen LogP contribution in [-0.2, 0) is 19.4 Å². The molecule has 0 saturated heterocycles. The molecule has 0 fully saturated rings. The molecule has 2 N–H and O–H groups in total. The number of aliphatic hydroxyl groups is 1. The molecule has 1 rings (SSSR count). The van der Waals surface area contributed by atoms with Crippen LogP contribution in [0.1, 0.15) is 52.4 Å². The zero-order chi connectivity index (χ0) is 16.0. The fraction of sp³-hybridized carbons (Fsp3) is 0.812. The SMILES string of the molecule is CCc1nn(CC)c(CC(C)(O)CCNCC(C)C)c1Cl. The van der Waals surface area contributed by atoms with E-state index >= 15 is 0 Å². The third kappa shape index (κ3) is 5.61. The van der Waals surface area contributed by atoms with Crippen molar-refractivity contribution < 1.29 is 5.11 Å². The van der Waals surface area contributed by atoms with Crippen molar-refractivity contribution in [3.05, 3.63) is 16.4 Å². The molecule has 0 radical (unpaired) electrons. The molecule has 1 heterocycles. The Bertz CT molecular complexity index is 441. The van der Waals surface area contributed by atoms with E-state index in [4.69, 9.17) is 11.6 Å². The topological polar surface area (TPSA) is 50.1 Å². The predicted molar refractivity (Wildman–Crippen MR) is 88.9 cm³/mol. The second-order valence-corrected chi connectivity index (χ2v) is 6.78. The molecule has 122 valence electrons. The van der Waals surface area contributed by atoms with Gasteiger partial charge in [0.15, 0.2) is 0 Å². The van der Waals surface area contributed by atoms with Gasteiger partial charge in [-0.05, 0) is 45.7 Å². The lowest BCUT2D eigenvalue weighted by atomic mass is 9.95. The molecule has 0 aliphatic heterocycles. The molecule has 0 bridgehead atoms. The number of aromatic nitrogens is 2. The van der Waals surface area contributed by atoms with E-state index in [0.29, 0.717) is 18.8 Å². The monoisotopic (exact) mass is 315 g/mol. The van der Waals surface area contributed by atoms with E-state index in [1.54, 1.807) is 0 Å². The summed E-state index contributed by atoms with van der Waals surface area (Å²) in [5.74, 6) is 0.623. The van der Waals surface area contributed by atoms with E-state index in [1.165, 1.54) is 0 Å². The van der Waals surface area contributed by atoms with Crippen molar-refractivity contribution in [1.29, 1.82) is 0 Å². The minimum absolute atomic E-state index is 0.538. The van der Waals surface area contributed by atoms with Crippen LogP contribution in [0, 0.1) is 5.92 Å². The van der Waals surface area contributed by atoms with Gasteiger partial charge in [0.1, 0.15) is 0 Å². The molecular weight excluding hydrogens is 286 g/mol. The number of nitrogens with one attached hydrogen (secondary N) is 1. The van der Waals surface area contributed by atoms with Crippen molar-refractivity contribution in [2.75, 3.05) is 13.1 Å². The fourth-order valence-corrected chi connectivity index (χ4v) is 2.72. The third-order valence-corrected chi connectivity index (χ3v) is 4.07. The van der Waals surface area contributed by atoms with Crippen LogP contribution in [0.25, 0.3) is 0 Å². The normalized spacial score (nSPS) is 14.7. The van der Waals surface area contributed by atoms with E-state index in [1.807, 2.05) is 25.5 Å². The van der Waals surface area contributed by atoms with Crippen molar-refractivity contribution in [3.63, 3.8) is 0 Å². The first-order chi connectivity index (χ1) is 9.80. The van der Waals surface area contributed by atoms with Gasteiger partial charge in [-0.3, -0.25) is 4.68 Å². The maximum atomic E-state index is 10.6. The maximum Gasteiger partial charge on any atom is 0.0850 e. The number of nitrogens with zero attached hydrogens (tertiary/aromatic N) is 2. The second kappa shape index (κ2) is 8.16. The van der Waals surface area contributed by atoms with Gasteiger partial charge in [-0.1, -0.05) is 32.4 Å². The van der Waals surface area contributed by atoms with Crippen molar-refractivity contribution in [2.24, 2.45) is 5.92 Å². The summed E-state index contributed by atoms with van der Waals surface area (Å²) in [4.78, 5) is 0. The summed E-state index contributed by atoms with van der Waals surface area (Å²) in [7, 11) is 0. The van der Waals surface area contributed by atoms with Crippen LogP contribution >= 0.6 is 11.6 Å². The molecule has 4 nitrogen and oxygen atoms in total. The van der Waals surface area contributed by atoms with Gasteiger partial charge in [0, 0.05) is 13.0 Å². The molecule has 0 aliphatic rings.